The fraction of sp³-hybridized carbons (Fsp3) is 0.600. The lowest BCUT2D eigenvalue weighted by molar-refractivity contribution is 0.576. The second-order valence-corrected chi connectivity index (χ2v) is 7.28. The van der Waals surface area contributed by atoms with Crippen LogP contribution in [-0.2, 0) is 16.6 Å². The normalized spacial score (nSPS) is 11.9. The molecule has 1 aromatic rings. The number of rotatable bonds is 8. The average molecular weight is 297 g/mol. The van der Waals surface area contributed by atoms with Crippen molar-refractivity contribution in [3.05, 3.63) is 21.3 Å². The summed E-state index contributed by atoms with van der Waals surface area (Å²) in [6.45, 7) is 3.90. The van der Waals surface area contributed by atoms with E-state index in [-0.39, 0.29) is 5.75 Å². The number of hydrogen-bond acceptors (Lipinski definition) is 4. The third-order valence-electron chi connectivity index (χ3n) is 2.11. The van der Waals surface area contributed by atoms with E-state index in [2.05, 4.69) is 10.0 Å². The first kappa shape index (κ1) is 14.9. The number of thiophene rings is 1. The Morgan fingerprint density at radius 1 is 1.41 bits per heavy atom. The zero-order valence-electron chi connectivity index (χ0n) is 9.70. The van der Waals surface area contributed by atoms with Gasteiger partial charge in [-0.3, -0.25) is 0 Å². The molecular weight excluding hydrogens is 280 g/mol. The molecule has 17 heavy (non-hydrogen) atoms. The minimum absolute atomic E-state index is 0.152. The van der Waals surface area contributed by atoms with Gasteiger partial charge in [0.25, 0.3) is 0 Å². The molecule has 0 aliphatic carbocycles. The Morgan fingerprint density at radius 2 is 2.18 bits per heavy atom. The van der Waals surface area contributed by atoms with E-state index in [1.54, 1.807) is 6.07 Å². The van der Waals surface area contributed by atoms with Crippen LogP contribution in [0, 0.1) is 0 Å². The monoisotopic (exact) mass is 296 g/mol. The second kappa shape index (κ2) is 7.33. The smallest absolute Gasteiger partial charge is 0.211 e. The molecule has 0 aliphatic heterocycles. The van der Waals surface area contributed by atoms with Gasteiger partial charge < -0.3 is 5.32 Å². The minimum Gasteiger partial charge on any atom is -0.317 e. The lowest BCUT2D eigenvalue weighted by atomic mass is 10.5. The van der Waals surface area contributed by atoms with E-state index in [0.717, 1.165) is 18.0 Å². The SMILES string of the molecule is CCNCCCS(=O)(=O)NCc1ccc(Cl)s1. The molecule has 4 nitrogen and oxygen atoms in total. The summed E-state index contributed by atoms with van der Waals surface area (Å²) in [5.74, 6) is 0.152. The van der Waals surface area contributed by atoms with Crippen molar-refractivity contribution in [1.82, 2.24) is 10.0 Å². The van der Waals surface area contributed by atoms with Gasteiger partial charge in [0.15, 0.2) is 0 Å². The van der Waals surface area contributed by atoms with Crippen LogP contribution in [0.15, 0.2) is 12.1 Å². The summed E-state index contributed by atoms with van der Waals surface area (Å²) in [6, 6.07) is 3.59. The van der Waals surface area contributed by atoms with Crippen LogP contribution in [0.2, 0.25) is 4.34 Å². The largest absolute Gasteiger partial charge is 0.317 e. The molecule has 0 amide bonds. The summed E-state index contributed by atoms with van der Waals surface area (Å²) in [4.78, 5) is 0.922. The second-order valence-electron chi connectivity index (χ2n) is 3.55. The molecule has 0 aliphatic rings. The fourth-order valence-electron chi connectivity index (χ4n) is 1.26. The fourth-order valence-corrected chi connectivity index (χ4v) is 3.43. The molecule has 0 atom stereocenters. The maximum absolute atomic E-state index is 11.6. The van der Waals surface area contributed by atoms with Crippen molar-refractivity contribution in [3.8, 4) is 0 Å². The van der Waals surface area contributed by atoms with E-state index in [9.17, 15) is 8.42 Å². The number of hydrogen-bond donors (Lipinski definition) is 2. The van der Waals surface area contributed by atoms with Crippen molar-refractivity contribution in [2.24, 2.45) is 0 Å². The van der Waals surface area contributed by atoms with Gasteiger partial charge in [0.05, 0.1) is 10.1 Å². The molecule has 98 valence electrons. The Labute approximate surface area is 111 Å². The molecule has 0 saturated carbocycles. The summed E-state index contributed by atoms with van der Waals surface area (Å²) in [6.07, 6.45) is 0.619. The zero-order chi connectivity index (χ0) is 12.7. The topological polar surface area (TPSA) is 58.2 Å². The molecule has 2 N–H and O–H groups in total. The van der Waals surface area contributed by atoms with Crippen LogP contribution in [0.25, 0.3) is 0 Å². The maximum atomic E-state index is 11.6. The Morgan fingerprint density at radius 3 is 2.76 bits per heavy atom. The standard InChI is InChI=1S/C10H17ClN2O2S2/c1-2-12-6-3-7-17(14,15)13-8-9-4-5-10(11)16-9/h4-5,12-13H,2-3,6-8H2,1H3. The highest BCUT2D eigenvalue weighted by Crippen LogP contribution is 2.21. The van der Waals surface area contributed by atoms with Crippen LogP contribution in [0.1, 0.15) is 18.2 Å². The molecular formula is C10H17ClN2O2S2. The molecule has 0 bridgehead atoms. The summed E-state index contributed by atoms with van der Waals surface area (Å²) in [5.41, 5.74) is 0. The van der Waals surface area contributed by atoms with Crippen molar-refractivity contribution < 1.29 is 8.42 Å². The molecule has 0 saturated heterocycles. The lowest BCUT2D eigenvalue weighted by Crippen LogP contribution is -2.27. The molecule has 0 aromatic carbocycles. The van der Waals surface area contributed by atoms with Crippen LogP contribution >= 0.6 is 22.9 Å². The van der Waals surface area contributed by atoms with Crippen molar-refractivity contribution in [2.75, 3.05) is 18.8 Å². The van der Waals surface area contributed by atoms with Gasteiger partial charge in [0.2, 0.25) is 10.0 Å². The average Bonchev–Trinajstić information content (AvgIpc) is 2.68. The number of sulfonamides is 1. The van der Waals surface area contributed by atoms with Gasteiger partial charge in [0, 0.05) is 11.4 Å². The third-order valence-corrected chi connectivity index (χ3v) is 4.75. The first-order valence-electron chi connectivity index (χ1n) is 5.46. The molecule has 0 fully saturated rings. The highest BCUT2D eigenvalue weighted by Gasteiger charge is 2.09. The zero-order valence-corrected chi connectivity index (χ0v) is 12.1. The van der Waals surface area contributed by atoms with Gasteiger partial charge in [-0.1, -0.05) is 18.5 Å². The van der Waals surface area contributed by atoms with E-state index >= 15 is 0 Å². The summed E-state index contributed by atoms with van der Waals surface area (Å²) in [5, 5.41) is 3.09. The molecule has 0 unspecified atom stereocenters. The Bertz CT molecular complexity index is 431. The van der Waals surface area contributed by atoms with Crippen LogP contribution in [0.3, 0.4) is 0 Å². The highest BCUT2D eigenvalue weighted by molar-refractivity contribution is 7.89. The van der Waals surface area contributed by atoms with Crippen LogP contribution in [0.4, 0.5) is 0 Å². The summed E-state index contributed by atoms with van der Waals surface area (Å²) >= 11 is 7.15. The Balaban J connectivity index is 2.29. The van der Waals surface area contributed by atoms with Crippen LogP contribution in [-0.4, -0.2) is 27.3 Å². The van der Waals surface area contributed by atoms with Crippen molar-refractivity contribution >= 4 is 33.0 Å². The van der Waals surface area contributed by atoms with Gasteiger partial charge >= 0.3 is 0 Å². The lowest BCUT2D eigenvalue weighted by Gasteiger charge is -2.05. The summed E-state index contributed by atoms with van der Waals surface area (Å²) < 4.78 is 26.4. The quantitative estimate of drug-likeness (QED) is 0.720. The van der Waals surface area contributed by atoms with E-state index in [4.69, 9.17) is 11.6 Å². The predicted octanol–water partition coefficient (Wildman–Crippen LogP) is 1.82. The first-order chi connectivity index (χ1) is 8.03. The Kier molecular flexibility index (Phi) is 6.43. The molecule has 1 heterocycles. The van der Waals surface area contributed by atoms with E-state index in [1.807, 2.05) is 13.0 Å². The highest BCUT2D eigenvalue weighted by atomic mass is 35.5. The van der Waals surface area contributed by atoms with Crippen LogP contribution < -0.4 is 10.0 Å². The van der Waals surface area contributed by atoms with E-state index in [0.29, 0.717) is 17.3 Å². The Hall–Kier alpha value is -0.140. The van der Waals surface area contributed by atoms with Crippen molar-refractivity contribution in [3.63, 3.8) is 0 Å². The van der Waals surface area contributed by atoms with Gasteiger partial charge in [-0.15, -0.1) is 11.3 Å². The molecule has 0 radical (unpaired) electrons. The first-order valence-corrected chi connectivity index (χ1v) is 8.30. The molecule has 1 aromatic heterocycles. The molecule has 0 spiro atoms. The van der Waals surface area contributed by atoms with Gasteiger partial charge in [-0.05, 0) is 31.6 Å². The minimum atomic E-state index is -3.18. The predicted molar refractivity (Wildman–Crippen MR) is 73.1 cm³/mol. The summed E-state index contributed by atoms with van der Waals surface area (Å²) in [7, 11) is -3.18. The van der Waals surface area contributed by atoms with Gasteiger partial charge in [-0.2, -0.15) is 0 Å². The van der Waals surface area contributed by atoms with Gasteiger partial charge in [0.1, 0.15) is 0 Å². The van der Waals surface area contributed by atoms with Gasteiger partial charge in [-0.25, -0.2) is 13.1 Å². The molecule has 1 rings (SSSR count). The maximum Gasteiger partial charge on any atom is 0.211 e. The third kappa shape index (κ3) is 6.38. The molecule has 7 heteroatoms. The van der Waals surface area contributed by atoms with E-state index < -0.39 is 10.0 Å². The van der Waals surface area contributed by atoms with Crippen molar-refractivity contribution in [1.29, 1.82) is 0 Å². The van der Waals surface area contributed by atoms with Crippen molar-refractivity contribution in [2.45, 2.75) is 19.9 Å². The van der Waals surface area contributed by atoms with Crippen LogP contribution in [0.5, 0.6) is 0 Å². The number of halogens is 1. The number of nitrogens with one attached hydrogen (secondary N) is 2. The van der Waals surface area contributed by atoms with E-state index in [1.165, 1.54) is 11.3 Å².